The highest BCUT2D eigenvalue weighted by atomic mass is 28.2. The first-order valence-corrected chi connectivity index (χ1v) is 11.7. The van der Waals surface area contributed by atoms with Crippen LogP contribution in [0.25, 0.3) is 0 Å². The van der Waals surface area contributed by atoms with E-state index in [2.05, 4.69) is 0 Å². The Morgan fingerprint density at radius 1 is 1.21 bits per heavy atom. The van der Waals surface area contributed by atoms with Crippen molar-refractivity contribution in [2.75, 3.05) is 0 Å². The zero-order valence-corrected chi connectivity index (χ0v) is 22.3. The van der Waals surface area contributed by atoms with E-state index in [4.69, 9.17) is 9.16 Å². The first kappa shape index (κ1) is 25.5. The number of aliphatic hydroxyl groups excluding tert-OH is 1. The van der Waals surface area contributed by atoms with Gasteiger partial charge in [-0.1, -0.05) is 20.8 Å². The standard InChI is InChI=1S/C24H32F3NO4Si/c1-12-13(2)28(21(30)16(11-31-33)18(12)22(3,4)5)19-15-10-14(24(25,26)27)8-9-17(15)32-23(6,7)20(19)29/h8-10,19-20,29H,11H2,1-7,33H3/t19-,20+/m1/s1. The van der Waals surface area contributed by atoms with Crippen LogP contribution in [0, 0.1) is 13.8 Å². The van der Waals surface area contributed by atoms with Gasteiger partial charge in [0, 0.05) is 16.8 Å². The van der Waals surface area contributed by atoms with Crippen LogP contribution >= 0.6 is 0 Å². The van der Waals surface area contributed by atoms with E-state index in [0.717, 1.165) is 23.3 Å². The van der Waals surface area contributed by atoms with Gasteiger partial charge in [0.15, 0.2) is 0 Å². The Labute approximate surface area is 195 Å². The van der Waals surface area contributed by atoms with E-state index in [9.17, 15) is 23.1 Å². The number of hydrogen-bond donors (Lipinski definition) is 1. The van der Waals surface area contributed by atoms with Crippen LogP contribution in [0.5, 0.6) is 5.75 Å². The minimum Gasteiger partial charge on any atom is -0.485 e. The Balaban J connectivity index is 2.42. The number of aromatic nitrogens is 1. The Morgan fingerprint density at radius 3 is 2.33 bits per heavy atom. The number of alkyl halides is 3. The SMILES string of the molecule is Cc1c(C(C)(C)C)c(CO[SiH3])c(=O)n([C@@H]2c3cc(C(F)(F)F)ccc3OC(C)(C)[C@H]2O)c1C. The number of nitrogens with zero attached hydrogens (tertiary/aromatic N) is 1. The van der Waals surface area contributed by atoms with Gasteiger partial charge in [-0.3, -0.25) is 4.79 Å². The van der Waals surface area contributed by atoms with E-state index in [1.165, 1.54) is 10.6 Å². The summed E-state index contributed by atoms with van der Waals surface area (Å²) in [5, 5.41) is 11.3. The molecule has 0 bridgehead atoms. The fourth-order valence-electron chi connectivity index (χ4n) is 4.84. The van der Waals surface area contributed by atoms with Crippen molar-refractivity contribution in [3.8, 4) is 5.75 Å². The molecule has 0 amide bonds. The molecule has 2 heterocycles. The average molecular weight is 484 g/mol. The number of ether oxygens (including phenoxy) is 1. The maximum atomic E-state index is 13.9. The number of pyridine rings is 1. The zero-order valence-electron chi connectivity index (χ0n) is 20.3. The predicted octanol–water partition coefficient (Wildman–Crippen LogP) is 3.70. The third-order valence-electron chi connectivity index (χ3n) is 6.41. The molecule has 1 aliphatic heterocycles. The van der Waals surface area contributed by atoms with Gasteiger partial charge in [0.25, 0.3) is 5.56 Å². The van der Waals surface area contributed by atoms with E-state index in [0.29, 0.717) is 21.7 Å². The van der Waals surface area contributed by atoms with Gasteiger partial charge in [-0.15, -0.1) is 0 Å². The van der Waals surface area contributed by atoms with Crippen LogP contribution in [0.4, 0.5) is 13.2 Å². The van der Waals surface area contributed by atoms with Gasteiger partial charge in [0.1, 0.15) is 27.9 Å². The van der Waals surface area contributed by atoms with Crippen LogP contribution in [-0.2, 0) is 22.6 Å². The molecule has 2 aromatic rings. The van der Waals surface area contributed by atoms with Gasteiger partial charge in [-0.25, -0.2) is 0 Å². The lowest BCUT2D eigenvalue weighted by atomic mass is 9.80. The number of benzene rings is 1. The molecule has 0 unspecified atom stereocenters. The Bertz CT molecular complexity index is 1130. The third-order valence-corrected chi connectivity index (χ3v) is 6.70. The number of halogens is 3. The molecule has 33 heavy (non-hydrogen) atoms. The molecule has 3 rings (SSSR count). The molecule has 2 atom stereocenters. The van der Waals surface area contributed by atoms with Crippen LogP contribution < -0.4 is 10.3 Å². The topological polar surface area (TPSA) is 60.7 Å². The maximum Gasteiger partial charge on any atom is 0.416 e. The molecule has 1 aliphatic rings. The lowest BCUT2D eigenvalue weighted by Crippen LogP contribution is -2.53. The summed E-state index contributed by atoms with van der Waals surface area (Å²) in [6.07, 6.45) is -5.84. The van der Waals surface area contributed by atoms with Gasteiger partial charge in [0.05, 0.1) is 18.2 Å². The molecule has 0 spiro atoms. The van der Waals surface area contributed by atoms with Crippen molar-refractivity contribution in [1.82, 2.24) is 4.57 Å². The Kier molecular flexibility index (Phi) is 6.41. The van der Waals surface area contributed by atoms with Crippen LogP contribution in [0.1, 0.15) is 74.2 Å². The lowest BCUT2D eigenvalue weighted by molar-refractivity contribution is -0.137. The molecule has 1 N–H and O–H groups in total. The molecule has 1 aromatic carbocycles. The van der Waals surface area contributed by atoms with E-state index in [1.54, 1.807) is 20.8 Å². The largest absolute Gasteiger partial charge is 0.485 e. The van der Waals surface area contributed by atoms with Crippen LogP contribution in [0.15, 0.2) is 23.0 Å². The van der Waals surface area contributed by atoms with Gasteiger partial charge >= 0.3 is 6.18 Å². The monoisotopic (exact) mass is 483 g/mol. The van der Waals surface area contributed by atoms with Crippen LogP contribution in [-0.4, -0.2) is 31.9 Å². The highest BCUT2D eigenvalue weighted by Crippen LogP contribution is 2.45. The van der Waals surface area contributed by atoms with Crippen molar-refractivity contribution in [1.29, 1.82) is 0 Å². The fourth-order valence-corrected chi connectivity index (χ4v) is 5.13. The summed E-state index contributed by atoms with van der Waals surface area (Å²) < 4.78 is 53.3. The third kappa shape index (κ3) is 4.38. The lowest BCUT2D eigenvalue weighted by Gasteiger charge is -2.44. The number of aliphatic hydroxyl groups is 1. The summed E-state index contributed by atoms with van der Waals surface area (Å²) in [6, 6.07) is 2.13. The van der Waals surface area contributed by atoms with Crippen molar-refractivity contribution in [3.63, 3.8) is 0 Å². The van der Waals surface area contributed by atoms with Gasteiger partial charge < -0.3 is 18.8 Å². The van der Waals surface area contributed by atoms with E-state index in [1.807, 2.05) is 27.7 Å². The summed E-state index contributed by atoms with van der Waals surface area (Å²) in [5.74, 6) is 0.216. The van der Waals surface area contributed by atoms with Crippen LogP contribution in [0.2, 0.25) is 0 Å². The Morgan fingerprint density at radius 2 is 1.82 bits per heavy atom. The van der Waals surface area contributed by atoms with E-state index < -0.39 is 29.5 Å². The summed E-state index contributed by atoms with van der Waals surface area (Å²) in [5.41, 5.74) is 0.178. The first-order chi connectivity index (χ1) is 15.0. The maximum absolute atomic E-state index is 13.9. The number of hydrogen-bond acceptors (Lipinski definition) is 4. The summed E-state index contributed by atoms with van der Waals surface area (Å²) in [6.45, 7) is 13.1. The predicted molar refractivity (Wildman–Crippen MR) is 124 cm³/mol. The van der Waals surface area contributed by atoms with E-state index in [-0.39, 0.29) is 28.9 Å². The quantitative estimate of drug-likeness (QED) is 0.677. The molecule has 5 nitrogen and oxygen atoms in total. The molecule has 0 fully saturated rings. The normalized spacial score (nSPS) is 20.5. The molecule has 9 heteroatoms. The molecule has 0 aliphatic carbocycles. The highest BCUT2D eigenvalue weighted by molar-refractivity contribution is 5.97. The van der Waals surface area contributed by atoms with E-state index >= 15 is 0 Å². The number of fused-ring (bicyclic) bond motifs is 1. The molecule has 0 saturated heterocycles. The molecule has 0 saturated carbocycles. The molecule has 1 aromatic heterocycles. The van der Waals surface area contributed by atoms with Crippen molar-refractivity contribution in [2.24, 2.45) is 0 Å². The Hall–Kier alpha value is -2.10. The second-order valence-corrected chi connectivity index (χ2v) is 10.8. The second kappa shape index (κ2) is 8.28. The molecule has 0 radical (unpaired) electrons. The van der Waals surface area contributed by atoms with Gasteiger partial charge in [-0.2, -0.15) is 13.2 Å². The summed E-state index contributed by atoms with van der Waals surface area (Å²) in [4.78, 5) is 13.9. The number of rotatable bonds is 3. The zero-order chi connectivity index (χ0) is 25.1. The molecular formula is C24H32F3NO4Si. The smallest absolute Gasteiger partial charge is 0.416 e. The fraction of sp³-hybridized carbons (Fsp3) is 0.542. The van der Waals surface area contributed by atoms with Crippen LogP contribution in [0.3, 0.4) is 0 Å². The van der Waals surface area contributed by atoms with Crippen molar-refractivity contribution < 1.29 is 27.4 Å². The average Bonchev–Trinajstić information content (AvgIpc) is 2.67. The van der Waals surface area contributed by atoms with Gasteiger partial charge in [0.2, 0.25) is 0 Å². The van der Waals surface area contributed by atoms with Crippen molar-refractivity contribution in [3.05, 3.63) is 62.1 Å². The highest BCUT2D eigenvalue weighted by Gasteiger charge is 2.46. The van der Waals surface area contributed by atoms with Crippen molar-refractivity contribution >= 4 is 10.5 Å². The minimum absolute atomic E-state index is 0.108. The first-order valence-electron chi connectivity index (χ1n) is 10.8. The van der Waals surface area contributed by atoms with Gasteiger partial charge in [-0.05, 0) is 62.4 Å². The minimum atomic E-state index is -4.57. The second-order valence-electron chi connectivity index (χ2n) is 10.3. The van der Waals surface area contributed by atoms with Crippen molar-refractivity contribution in [2.45, 2.75) is 84.4 Å². The summed E-state index contributed by atoms with van der Waals surface area (Å²) in [7, 11) is 0.422. The molecular weight excluding hydrogens is 451 g/mol. The summed E-state index contributed by atoms with van der Waals surface area (Å²) >= 11 is 0. The molecule has 182 valence electrons.